The van der Waals surface area contributed by atoms with Crippen molar-refractivity contribution < 1.29 is 14.3 Å². The maximum Gasteiger partial charge on any atom is 0.319 e. The maximum atomic E-state index is 11.9. The normalized spacial score (nSPS) is 16.7. The van der Waals surface area contributed by atoms with Crippen molar-refractivity contribution in [2.45, 2.75) is 25.4 Å². The molecule has 1 aromatic heterocycles. The Bertz CT molecular complexity index is 640. The highest BCUT2D eigenvalue weighted by Crippen LogP contribution is 2.23. The van der Waals surface area contributed by atoms with Gasteiger partial charge in [0.1, 0.15) is 5.01 Å². The fourth-order valence-electron chi connectivity index (χ4n) is 2.60. The van der Waals surface area contributed by atoms with E-state index in [-0.39, 0.29) is 12.1 Å². The lowest BCUT2D eigenvalue weighted by Crippen LogP contribution is -2.30. The van der Waals surface area contributed by atoms with Crippen LogP contribution in [0.3, 0.4) is 0 Å². The summed E-state index contributed by atoms with van der Waals surface area (Å²) in [5.74, 6) is 0. The highest BCUT2D eigenvalue weighted by Gasteiger charge is 2.14. The summed E-state index contributed by atoms with van der Waals surface area (Å²) in [5.41, 5.74) is 1.80. The quantitative estimate of drug-likeness (QED) is 0.706. The van der Waals surface area contributed by atoms with Gasteiger partial charge in [-0.3, -0.25) is 0 Å². The van der Waals surface area contributed by atoms with E-state index in [0.717, 1.165) is 42.1 Å². The summed E-state index contributed by atoms with van der Waals surface area (Å²) in [4.78, 5) is 16.1. The summed E-state index contributed by atoms with van der Waals surface area (Å²) < 4.78 is 11.1. The van der Waals surface area contributed by atoms with Gasteiger partial charge in [0, 0.05) is 42.6 Å². The van der Waals surface area contributed by atoms with Crippen molar-refractivity contribution in [3.8, 4) is 10.6 Å². The smallest absolute Gasteiger partial charge is 0.319 e. The minimum absolute atomic E-state index is 0.207. The molecule has 3 rings (SSSR count). The van der Waals surface area contributed by atoms with E-state index in [1.54, 1.807) is 17.5 Å². The lowest BCUT2D eigenvalue weighted by molar-refractivity contribution is 0.0168. The molecule has 1 atom stereocenters. The van der Waals surface area contributed by atoms with E-state index in [2.05, 4.69) is 15.6 Å². The molecule has 7 heteroatoms. The standard InChI is InChI=1S/C18H23N3O3S/c22-18(20-8-2-10-23-13-16-3-1-11-24-16)21-15-6-4-14(5-7-15)17-19-9-12-25-17/h4-7,9,12,16H,1-3,8,10-11,13H2,(H2,20,21,22). The van der Waals surface area contributed by atoms with E-state index in [1.165, 1.54) is 0 Å². The summed E-state index contributed by atoms with van der Waals surface area (Å²) in [5, 5.41) is 8.57. The van der Waals surface area contributed by atoms with Crippen LogP contribution in [0.25, 0.3) is 10.6 Å². The number of amides is 2. The Morgan fingerprint density at radius 1 is 1.36 bits per heavy atom. The molecule has 2 N–H and O–H groups in total. The van der Waals surface area contributed by atoms with Crippen LogP contribution in [0.15, 0.2) is 35.8 Å². The number of hydrogen-bond acceptors (Lipinski definition) is 5. The third-order valence-corrected chi connectivity index (χ3v) is 4.72. The predicted molar refractivity (Wildman–Crippen MR) is 99.0 cm³/mol. The average molecular weight is 361 g/mol. The zero-order valence-electron chi connectivity index (χ0n) is 14.1. The number of nitrogens with one attached hydrogen (secondary N) is 2. The number of urea groups is 1. The number of hydrogen-bond donors (Lipinski definition) is 2. The van der Waals surface area contributed by atoms with Crippen LogP contribution in [-0.4, -0.2) is 43.5 Å². The first kappa shape index (κ1) is 17.8. The van der Waals surface area contributed by atoms with Crippen molar-refractivity contribution in [1.29, 1.82) is 0 Å². The molecule has 2 heterocycles. The Labute approximate surface area is 151 Å². The number of thiazole rings is 1. The number of ether oxygens (including phenoxy) is 2. The molecule has 25 heavy (non-hydrogen) atoms. The third kappa shape index (κ3) is 5.81. The molecule has 1 aliphatic heterocycles. The summed E-state index contributed by atoms with van der Waals surface area (Å²) in [7, 11) is 0. The fourth-order valence-corrected chi connectivity index (χ4v) is 3.25. The van der Waals surface area contributed by atoms with E-state index < -0.39 is 0 Å². The highest BCUT2D eigenvalue weighted by atomic mass is 32.1. The van der Waals surface area contributed by atoms with E-state index in [9.17, 15) is 4.79 Å². The van der Waals surface area contributed by atoms with Crippen LogP contribution >= 0.6 is 11.3 Å². The number of aromatic nitrogens is 1. The van der Waals surface area contributed by atoms with Gasteiger partial charge in [-0.2, -0.15) is 0 Å². The van der Waals surface area contributed by atoms with Crippen LogP contribution in [0, 0.1) is 0 Å². The highest BCUT2D eigenvalue weighted by molar-refractivity contribution is 7.13. The van der Waals surface area contributed by atoms with Crippen molar-refractivity contribution >= 4 is 23.1 Å². The molecular formula is C18H23N3O3S. The minimum Gasteiger partial charge on any atom is -0.379 e. The predicted octanol–water partition coefficient (Wildman–Crippen LogP) is 3.52. The molecule has 1 fully saturated rings. The largest absolute Gasteiger partial charge is 0.379 e. The van der Waals surface area contributed by atoms with Crippen LogP contribution in [0.4, 0.5) is 10.5 Å². The molecule has 6 nitrogen and oxygen atoms in total. The lowest BCUT2D eigenvalue weighted by atomic mass is 10.2. The Morgan fingerprint density at radius 2 is 2.24 bits per heavy atom. The van der Waals surface area contributed by atoms with E-state index in [0.29, 0.717) is 19.8 Å². The second kappa shape index (κ2) is 9.50. The number of benzene rings is 1. The Balaban J connectivity index is 1.29. The second-order valence-corrected chi connectivity index (χ2v) is 6.75. The number of carbonyl (C=O) groups excluding carboxylic acids is 1. The first-order valence-electron chi connectivity index (χ1n) is 8.55. The van der Waals surface area contributed by atoms with Gasteiger partial charge in [0.05, 0.1) is 12.7 Å². The first-order chi connectivity index (χ1) is 12.3. The Hall–Kier alpha value is -1.96. The van der Waals surface area contributed by atoms with Gasteiger partial charge in [-0.15, -0.1) is 11.3 Å². The molecule has 2 aromatic rings. The summed E-state index contributed by atoms with van der Waals surface area (Å²) in [6, 6.07) is 7.45. The second-order valence-electron chi connectivity index (χ2n) is 5.86. The first-order valence-corrected chi connectivity index (χ1v) is 9.43. The molecule has 2 amide bonds. The Morgan fingerprint density at radius 3 is 2.96 bits per heavy atom. The number of anilines is 1. The number of rotatable bonds is 8. The van der Waals surface area contributed by atoms with Crippen molar-refractivity contribution in [2.75, 3.05) is 31.7 Å². The van der Waals surface area contributed by atoms with Crippen LogP contribution in [0.5, 0.6) is 0 Å². The zero-order chi connectivity index (χ0) is 17.3. The van der Waals surface area contributed by atoms with Gasteiger partial charge in [0.2, 0.25) is 0 Å². The van der Waals surface area contributed by atoms with Gasteiger partial charge in [0.25, 0.3) is 0 Å². The summed E-state index contributed by atoms with van der Waals surface area (Å²) in [6.45, 7) is 2.70. The summed E-state index contributed by atoms with van der Waals surface area (Å²) >= 11 is 1.59. The number of nitrogens with zero attached hydrogens (tertiary/aromatic N) is 1. The fraction of sp³-hybridized carbons (Fsp3) is 0.444. The lowest BCUT2D eigenvalue weighted by Gasteiger charge is -2.11. The molecule has 1 aromatic carbocycles. The van der Waals surface area contributed by atoms with Crippen molar-refractivity contribution in [1.82, 2.24) is 10.3 Å². The monoisotopic (exact) mass is 361 g/mol. The van der Waals surface area contributed by atoms with E-state index >= 15 is 0 Å². The van der Waals surface area contributed by atoms with E-state index in [1.807, 2.05) is 29.6 Å². The molecule has 1 unspecified atom stereocenters. The molecule has 0 bridgehead atoms. The third-order valence-electron chi connectivity index (χ3n) is 3.90. The van der Waals surface area contributed by atoms with Crippen LogP contribution in [0.1, 0.15) is 19.3 Å². The van der Waals surface area contributed by atoms with Crippen LogP contribution in [0.2, 0.25) is 0 Å². The topological polar surface area (TPSA) is 72.5 Å². The van der Waals surface area contributed by atoms with Gasteiger partial charge < -0.3 is 20.1 Å². The van der Waals surface area contributed by atoms with Gasteiger partial charge in [-0.05, 0) is 43.5 Å². The molecule has 0 spiro atoms. The van der Waals surface area contributed by atoms with Crippen molar-refractivity contribution in [2.24, 2.45) is 0 Å². The van der Waals surface area contributed by atoms with Gasteiger partial charge in [-0.1, -0.05) is 0 Å². The molecule has 1 saturated heterocycles. The van der Waals surface area contributed by atoms with Gasteiger partial charge in [0.15, 0.2) is 0 Å². The van der Waals surface area contributed by atoms with Gasteiger partial charge >= 0.3 is 6.03 Å². The molecule has 0 aliphatic carbocycles. The maximum absolute atomic E-state index is 11.9. The van der Waals surface area contributed by atoms with Gasteiger partial charge in [-0.25, -0.2) is 9.78 Å². The summed E-state index contributed by atoms with van der Waals surface area (Å²) in [6.07, 6.45) is 5.03. The van der Waals surface area contributed by atoms with Crippen molar-refractivity contribution in [3.63, 3.8) is 0 Å². The van der Waals surface area contributed by atoms with Crippen molar-refractivity contribution in [3.05, 3.63) is 35.8 Å². The molecule has 1 aliphatic rings. The van der Waals surface area contributed by atoms with E-state index in [4.69, 9.17) is 9.47 Å². The number of carbonyl (C=O) groups is 1. The Kier molecular flexibility index (Phi) is 6.79. The zero-order valence-corrected chi connectivity index (χ0v) is 14.9. The average Bonchev–Trinajstić information content (AvgIpc) is 3.32. The van der Waals surface area contributed by atoms with Crippen LogP contribution < -0.4 is 10.6 Å². The molecule has 0 saturated carbocycles. The minimum atomic E-state index is -0.207. The molecule has 134 valence electrons. The molecule has 0 radical (unpaired) electrons. The SMILES string of the molecule is O=C(NCCCOCC1CCCO1)Nc1ccc(-c2nccs2)cc1. The molecular weight excluding hydrogens is 338 g/mol. The van der Waals surface area contributed by atoms with Crippen LogP contribution in [-0.2, 0) is 9.47 Å².